The van der Waals surface area contributed by atoms with E-state index in [-0.39, 0.29) is 0 Å². The summed E-state index contributed by atoms with van der Waals surface area (Å²) in [6, 6.07) is 2.12. The van der Waals surface area contributed by atoms with Gasteiger partial charge in [-0.2, -0.15) is 0 Å². The van der Waals surface area contributed by atoms with Gasteiger partial charge in [-0.25, -0.2) is 9.97 Å². The van der Waals surface area contributed by atoms with Crippen LogP contribution in [0.2, 0.25) is 0 Å². The highest BCUT2D eigenvalue weighted by Crippen LogP contribution is 2.35. The first-order valence-electron chi connectivity index (χ1n) is 4.91. The topological polar surface area (TPSA) is 51.6 Å². The van der Waals surface area contributed by atoms with Crippen molar-refractivity contribution in [3.63, 3.8) is 0 Å². The predicted octanol–water partition coefficient (Wildman–Crippen LogP) is 3.31. The van der Waals surface area contributed by atoms with Crippen LogP contribution in [0.5, 0.6) is 0 Å². The van der Waals surface area contributed by atoms with Crippen molar-refractivity contribution in [2.24, 2.45) is 0 Å². The van der Waals surface area contributed by atoms with Crippen molar-refractivity contribution in [3.05, 3.63) is 22.3 Å². The fourth-order valence-corrected chi connectivity index (χ4v) is 4.14. The first-order valence-corrected chi connectivity index (χ1v) is 7.36. The van der Waals surface area contributed by atoms with Gasteiger partial charge < -0.3 is 0 Å². The average Bonchev–Trinajstić information content (AvgIpc) is 2.84. The van der Waals surface area contributed by atoms with E-state index >= 15 is 0 Å². The molecule has 0 fully saturated rings. The Morgan fingerprint density at radius 3 is 2.76 bits per heavy atom. The molecule has 4 nitrogen and oxygen atoms in total. The lowest BCUT2D eigenvalue weighted by molar-refractivity contribution is 0.981. The van der Waals surface area contributed by atoms with Crippen LogP contribution >= 0.6 is 34.4 Å². The SMILES string of the molecule is Cc1cc2c(Sc3nnc(C)s3)ncnc2s1. The van der Waals surface area contributed by atoms with Gasteiger partial charge in [-0.05, 0) is 31.7 Å². The summed E-state index contributed by atoms with van der Waals surface area (Å²) >= 11 is 4.82. The Morgan fingerprint density at radius 2 is 2.00 bits per heavy atom. The smallest absolute Gasteiger partial charge is 0.180 e. The third-order valence-corrected chi connectivity index (χ3v) is 4.97. The van der Waals surface area contributed by atoms with Crippen LogP contribution in [0.15, 0.2) is 21.8 Å². The van der Waals surface area contributed by atoms with Gasteiger partial charge >= 0.3 is 0 Å². The van der Waals surface area contributed by atoms with Gasteiger partial charge in [0.25, 0.3) is 0 Å². The summed E-state index contributed by atoms with van der Waals surface area (Å²) < 4.78 is 0.923. The second-order valence-electron chi connectivity index (χ2n) is 3.44. The standard InChI is InChI=1S/C10H8N4S3/c1-5-3-7-8(15-5)11-4-12-9(7)17-10-14-13-6(2)16-10/h3-4H,1-2H3. The quantitative estimate of drug-likeness (QED) is 0.674. The number of aryl methyl sites for hydroxylation is 2. The third-order valence-electron chi connectivity index (χ3n) is 2.11. The number of hydrogen-bond acceptors (Lipinski definition) is 7. The summed E-state index contributed by atoms with van der Waals surface area (Å²) in [5, 5.41) is 11.1. The van der Waals surface area contributed by atoms with Crippen molar-refractivity contribution in [2.45, 2.75) is 23.2 Å². The molecule has 3 rings (SSSR count). The highest BCUT2D eigenvalue weighted by atomic mass is 32.2. The molecule has 0 amide bonds. The van der Waals surface area contributed by atoms with E-state index in [0.717, 1.165) is 24.6 Å². The number of thiophene rings is 1. The minimum Gasteiger partial charge on any atom is -0.229 e. The summed E-state index contributed by atoms with van der Waals surface area (Å²) in [5.74, 6) is 0. The van der Waals surface area contributed by atoms with Gasteiger partial charge in [0.15, 0.2) is 4.34 Å². The average molecular weight is 280 g/mol. The van der Waals surface area contributed by atoms with Crippen molar-refractivity contribution in [1.82, 2.24) is 20.2 Å². The largest absolute Gasteiger partial charge is 0.229 e. The van der Waals surface area contributed by atoms with E-state index in [2.05, 4.69) is 33.2 Å². The summed E-state index contributed by atoms with van der Waals surface area (Å²) in [7, 11) is 0. The molecule has 17 heavy (non-hydrogen) atoms. The molecule has 0 atom stereocenters. The number of fused-ring (bicyclic) bond motifs is 1. The molecule has 0 radical (unpaired) electrons. The van der Waals surface area contributed by atoms with Gasteiger partial charge in [0, 0.05) is 10.3 Å². The van der Waals surface area contributed by atoms with E-state index in [1.165, 1.54) is 4.88 Å². The molecular formula is C10H8N4S3. The van der Waals surface area contributed by atoms with Gasteiger partial charge in [0.05, 0.1) is 0 Å². The van der Waals surface area contributed by atoms with E-state index < -0.39 is 0 Å². The highest BCUT2D eigenvalue weighted by Gasteiger charge is 2.10. The second kappa shape index (κ2) is 4.32. The molecule has 0 aliphatic rings. The fourth-order valence-electron chi connectivity index (χ4n) is 1.44. The van der Waals surface area contributed by atoms with E-state index in [1.54, 1.807) is 40.8 Å². The number of nitrogens with zero attached hydrogens (tertiary/aromatic N) is 4. The Bertz CT molecular complexity index is 673. The fraction of sp³-hybridized carbons (Fsp3) is 0.200. The molecule has 0 unspecified atom stereocenters. The monoisotopic (exact) mass is 280 g/mol. The first-order chi connectivity index (χ1) is 8.22. The number of rotatable bonds is 2. The van der Waals surface area contributed by atoms with Gasteiger partial charge in [0.2, 0.25) is 0 Å². The Kier molecular flexibility index (Phi) is 2.81. The molecule has 0 N–H and O–H groups in total. The molecule has 3 heterocycles. The van der Waals surface area contributed by atoms with E-state index in [9.17, 15) is 0 Å². The maximum absolute atomic E-state index is 4.32. The molecule has 0 saturated carbocycles. The molecule has 0 spiro atoms. The van der Waals surface area contributed by atoms with Crippen molar-refractivity contribution < 1.29 is 0 Å². The van der Waals surface area contributed by atoms with Crippen LogP contribution in [0.4, 0.5) is 0 Å². The van der Waals surface area contributed by atoms with Crippen molar-refractivity contribution in [2.75, 3.05) is 0 Å². The van der Waals surface area contributed by atoms with E-state index in [0.29, 0.717) is 0 Å². The molecule has 0 aliphatic carbocycles. The van der Waals surface area contributed by atoms with Crippen LogP contribution < -0.4 is 0 Å². The lowest BCUT2D eigenvalue weighted by atomic mass is 10.4. The highest BCUT2D eigenvalue weighted by molar-refractivity contribution is 8.01. The molecule has 3 aromatic heterocycles. The summed E-state index contributed by atoms with van der Waals surface area (Å²) in [6.45, 7) is 4.03. The van der Waals surface area contributed by atoms with Gasteiger partial charge in [0.1, 0.15) is 21.2 Å². The van der Waals surface area contributed by atoms with Gasteiger partial charge in [-0.15, -0.1) is 21.5 Å². The van der Waals surface area contributed by atoms with Crippen LogP contribution in [0.3, 0.4) is 0 Å². The molecule has 7 heteroatoms. The van der Waals surface area contributed by atoms with Crippen LogP contribution in [-0.2, 0) is 0 Å². The van der Waals surface area contributed by atoms with Gasteiger partial charge in [-0.1, -0.05) is 11.3 Å². The maximum Gasteiger partial charge on any atom is 0.180 e. The zero-order valence-electron chi connectivity index (χ0n) is 9.17. The Hall–Kier alpha value is -1.05. The van der Waals surface area contributed by atoms with Gasteiger partial charge in [-0.3, -0.25) is 0 Å². The van der Waals surface area contributed by atoms with Crippen molar-refractivity contribution in [3.8, 4) is 0 Å². The minimum absolute atomic E-state index is 0.923. The Labute approximate surface area is 110 Å². The number of aromatic nitrogens is 4. The second-order valence-corrected chi connectivity index (χ2v) is 7.10. The maximum atomic E-state index is 4.32. The van der Waals surface area contributed by atoms with Crippen molar-refractivity contribution in [1.29, 1.82) is 0 Å². The third kappa shape index (κ3) is 2.18. The molecule has 0 aromatic carbocycles. The normalized spacial score (nSPS) is 11.2. The van der Waals surface area contributed by atoms with Crippen LogP contribution in [-0.4, -0.2) is 20.2 Å². The predicted molar refractivity (Wildman–Crippen MR) is 70.9 cm³/mol. The minimum atomic E-state index is 0.923. The molecule has 86 valence electrons. The van der Waals surface area contributed by atoms with Crippen LogP contribution in [0.1, 0.15) is 9.88 Å². The molecule has 0 aliphatic heterocycles. The Balaban J connectivity index is 2.05. The summed E-state index contributed by atoms with van der Waals surface area (Å²) in [5.41, 5.74) is 0. The van der Waals surface area contributed by atoms with E-state index in [4.69, 9.17) is 0 Å². The molecule has 0 bridgehead atoms. The first kappa shape index (κ1) is 11.1. The molecular weight excluding hydrogens is 272 g/mol. The lowest BCUT2D eigenvalue weighted by Crippen LogP contribution is -1.82. The summed E-state index contributed by atoms with van der Waals surface area (Å²) in [6.07, 6.45) is 1.61. The lowest BCUT2D eigenvalue weighted by Gasteiger charge is -1.96. The zero-order valence-corrected chi connectivity index (χ0v) is 11.6. The molecule has 0 saturated heterocycles. The zero-order chi connectivity index (χ0) is 11.8. The molecule has 3 aromatic rings. The number of hydrogen-bond donors (Lipinski definition) is 0. The van der Waals surface area contributed by atoms with Crippen LogP contribution in [0, 0.1) is 13.8 Å². The Morgan fingerprint density at radius 1 is 1.12 bits per heavy atom. The van der Waals surface area contributed by atoms with Crippen molar-refractivity contribution >= 4 is 44.7 Å². The van der Waals surface area contributed by atoms with Crippen LogP contribution in [0.25, 0.3) is 10.2 Å². The van der Waals surface area contributed by atoms with E-state index in [1.807, 2.05) is 6.92 Å². The summed E-state index contributed by atoms with van der Waals surface area (Å²) in [4.78, 5) is 10.9.